The third kappa shape index (κ3) is 6.06. The van der Waals surface area contributed by atoms with E-state index in [0.717, 1.165) is 57.5 Å². The summed E-state index contributed by atoms with van der Waals surface area (Å²) in [5.74, 6) is 0.313. The van der Waals surface area contributed by atoms with E-state index in [1.807, 2.05) is 29.2 Å². The van der Waals surface area contributed by atoms with Crippen molar-refractivity contribution in [3.63, 3.8) is 0 Å². The van der Waals surface area contributed by atoms with E-state index in [1.54, 1.807) is 18.2 Å². The molecule has 0 bridgehead atoms. The van der Waals surface area contributed by atoms with Crippen molar-refractivity contribution < 1.29 is 13.9 Å². The lowest BCUT2D eigenvalue weighted by Crippen LogP contribution is -2.43. The molecule has 6 heteroatoms. The van der Waals surface area contributed by atoms with Gasteiger partial charge in [0.25, 0.3) is 5.91 Å². The van der Waals surface area contributed by atoms with Crippen molar-refractivity contribution in [1.82, 2.24) is 9.80 Å². The number of benzene rings is 2. The average Bonchev–Trinajstić information content (AvgIpc) is 3.29. The SMILES string of the molecule is O=C(c1cccc(Cl)c1)N(CC1CCN(Cc2ccccc2F)CC1)CC1CCCO1. The summed E-state index contributed by atoms with van der Waals surface area (Å²) >= 11 is 6.12. The number of amides is 1. The van der Waals surface area contributed by atoms with Crippen LogP contribution in [0.4, 0.5) is 4.39 Å². The Hall–Kier alpha value is -1.95. The number of hydrogen-bond donors (Lipinski definition) is 0. The van der Waals surface area contributed by atoms with E-state index in [2.05, 4.69) is 4.90 Å². The van der Waals surface area contributed by atoms with E-state index in [1.165, 1.54) is 6.07 Å². The van der Waals surface area contributed by atoms with Crippen LogP contribution in [0.2, 0.25) is 5.02 Å². The number of hydrogen-bond acceptors (Lipinski definition) is 3. The highest BCUT2D eigenvalue weighted by Gasteiger charge is 2.28. The Morgan fingerprint density at radius 3 is 2.61 bits per heavy atom. The highest BCUT2D eigenvalue weighted by Crippen LogP contribution is 2.24. The fourth-order valence-electron chi connectivity index (χ4n) is 4.58. The quantitative estimate of drug-likeness (QED) is 0.601. The van der Waals surface area contributed by atoms with Crippen molar-refractivity contribution in [3.8, 4) is 0 Å². The fourth-order valence-corrected chi connectivity index (χ4v) is 4.78. The van der Waals surface area contributed by atoms with Gasteiger partial charge in [-0.25, -0.2) is 4.39 Å². The van der Waals surface area contributed by atoms with Gasteiger partial charge in [0.1, 0.15) is 5.82 Å². The summed E-state index contributed by atoms with van der Waals surface area (Å²) in [6.07, 6.45) is 4.17. The summed E-state index contributed by atoms with van der Waals surface area (Å²) in [5, 5.41) is 0.573. The number of carbonyl (C=O) groups is 1. The second-order valence-electron chi connectivity index (χ2n) is 8.67. The van der Waals surface area contributed by atoms with Crippen molar-refractivity contribution in [2.75, 3.05) is 32.8 Å². The maximum absolute atomic E-state index is 14.0. The Balaban J connectivity index is 1.36. The van der Waals surface area contributed by atoms with Gasteiger partial charge in [-0.1, -0.05) is 35.9 Å². The monoisotopic (exact) mass is 444 g/mol. The first-order chi connectivity index (χ1) is 15.1. The van der Waals surface area contributed by atoms with E-state index in [9.17, 15) is 9.18 Å². The van der Waals surface area contributed by atoms with Gasteiger partial charge < -0.3 is 9.64 Å². The Morgan fingerprint density at radius 1 is 1.10 bits per heavy atom. The molecule has 2 fully saturated rings. The molecule has 1 amide bonds. The van der Waals surface area contributed by atoms with Gasteiger partial charge in [0.2, 0.25) is 0 Å². The number of halogens is 2. The molecule has 2 aromatic carbocycles. The zero-order valence-corrected chi connectivity index (χ0v) is 18.6. The van der Waals surface area contributed by atoms with Gasteiger partial charge in [0, 0.05) is 42.4 Å². The smallest absolute Gasteiger partial charge is 0.254 e. The molecule has 0 saturated carbocycles. The predicted octanol–water partition coefficient (Wildman–Crippen LogP) is 5.01. The number of likely N-dealkylation sites (tertiary alicyclic amines) is 1. The van der Waals surface area contributed by atoms with Gasteiger partial charge in [-0.3, -0.25) is 9.69 Å². The van der Waals surface area contributed by atoms with Crippen LogP contribution in [0.25, 0.3) is 0 Å². The molecule has 4 nitrogen and oxygen atoms in total. The molecule has 166 valence electrons. The van der Waals surface area contributed by atoms with Crippen LogP contribution in [-0.4, -0.2) is 54.6 Å². The average molecular weight is 445 g/mol. The largest absolute Gasteiger partial charge is 0.376 e. The molecule has 2 saturated heterocycles. The maximum atomic E-state index is 14.0. The van der Waals surface area contributed by atoms with Crippen LogP contribution in [0, 0.1) is 11.7 Å². The molecule has 0 aromatic heterocycles. The van der Waals surface area contributed by atoms with Crippen molar-refractivity contribution in [2.24, 2.45) is 5.92 Å². The molecule has 0 aliphatic carbocycles. The molecule has 1 atom stereocenters. The van der Waals surface area contributed by atoms with Crippen molar-refractivity contribution in [3.05, 3.63) is 70.5 Å². The zero-order valence-electron chi connectivity index (χ0n) is 17.8. The van der Waals surface area contributed by atoms with Gasteiger partial charge in [-0.15, -0.1) is 0 Å². The van der Waals surface area contributed by atoms with Crippen molar-refractivity contribution in [1.29, 1.82) is 0 Å². The zero-order chi connectivity index (χ0) is 21.6. The van der Waals surface area contributed by atoms with E-state index in [-0.39, 0.29) is 17.8 Å². The minimum absolute atomic E-state index is 0.0202. The van der Waals surface area contributed by atoms with Crippen LogP contribution < -0.4 is 0 Å². The molecule has 1 unspecified atom stereocenters. The molecule has 0 N–H and O–H groups in total. The maximum Gasteiger partial charge on any atom is 0.254 e. The van der Waals surface area contributed by atoms with Gasteiger partial charge in [-0.05, 0) is 69.0 Å². The highest BCUT2D eigenvalue weighted by atomic mass is 35.5. The van der Waals surface area contributed by atoms with Crippen molar-refractivity contribution >= 4 is 17.5 Å². The third-order valence-electron chi connectivity index (χ3n) is 6.34. The lowest BCUT2D eigenvalue weighted by molar-refractivity contribution is 0.0444. The normalized spacial score (nSPS) is 20.1. The number of ether oxygens (including phenoxy) is 1. The topological polar surface area (TPSA) is 32.8 Å². The molecule has 2 aliphatic rings. The Labute approximate surface area is 188 Å². The Bertz CT molecular complexity index is 879. The summed E-state index contributed by atoms with van der Waals surface area (Å²) in [7, 11) is 0. The standard InChI is InChI=1S/C25H30ClFN2O2/c26-22-7-3-6-20(15-22)25(30)29(18-23-8-4-14-31-23)16-19-10-12-28(13-11-19)17-21-5-1-2-9-24(21)27/h1-3,5-7,9,15,19,23H,4,8,10-14,16-18H2. The number of carbonyl (C=O) groups excluding carboxylic acids is 1. The van der Waals surface area contributed by atoms with Gasteiger partial charge in [0.15, 0.2) is 0 Å². The minimum Gasteiger partial charge on any atom is -0.376 e. The first kappa shape index (κ1) is 22.3. The van der Waals surface area contributed by atoms with Gasteiger partial charge in [-0.2, -0.15) is 0 Å². The fraction of sp³-hybridized carbons (Fsp3) is 0.480. The first-order valence-electron chi connectivity index (χ1n) is 11.2. The Morgan fingerprint density at radius 2 is 1.90 bits per heavy atom. The van der Waals surface area contributed by atoms with Crippen LogP contribution in [0.1, 0.15) is 41.6 Å². The van der Waals surface area contributed by atoms with Crippen LogP contribution in [0.3, 0.4) is 0 Å². The summed E-state index contributed by atoms with van der Waals surface area (Å²) in [5.41, 5.74) is 1.37. The van der Waals surface area contributed by atoms with Crippen molar-refractivity contribution in [2.45, 2.75) is 38.3 Å². The lowest BCUT2D eigenvalue weighted by atomic mass is 9.95. The summed E-state index contributed by atoms with van der Waals surface area (Å²) in [4.78, 5) is 17.5. The molecule has 31 heavy (non-hydrogen) atoms. The van der Waals surface area contributed by atoms with E-state index in [0.29, 0.717) is 29.6 Å². The van der Waals surface area contributed by atoms with Crippen LogP contribution >= 0.6 is 11.6 Å². The second kappa shape index (κ2) is 10.6. The number of nitrogens with zero attached hydrogens (tertiary/aromatic N) is 2. The summed E-state index contributed by atoms with van der Waals surface area (Å²) in [6.45, 7) is 4.59. The highest BCUT2D eigenvalue weighted by molar-refractivity contribution is 6.30. The third-order valence-corrected chi connectivity index (χ3v) is 6.58. The lowest BCUT2D eigenvalue weighted by Gasteiger charge is -2.35. The molecular formula is C25H30ClFN2O2. The van der Waals surface area contributed by atoms with E-state index >= 15 is 0 Å². The number of rotatable bonds is 7. The molecular weight excluding hydrogens is 415 g/mol. The molecule has 2 heterocycles. The molecule has 2 aliphatic heterocycles. The molecule has 2 aromatic rings. The molecule has 0 radical (unpaired) electrons. The summed E-state index contributed by atoms with van der Waals surface area (Å²) < 4.78 is 19.8. The van der Waals surface area contributed by atoms with Gasteiger partial charge >= 0.3 is 0 Å². The van der Waals surface area contributed by atoms with Crippen LogP contribution in [-0.2, 0) is 11.3 Å². The molecule has 4 rings (SSSR count). The predicted molar refractivity (Wildman–Crippen MR) is 121 cm³/mol. The van der Waals surface area contributed by atoms with E-state index in [4.69, 9.17) is 16.3 Å². The van der Waals surface area contributed by atoms with E-state index < -0.39 is 0 Å². The van der Waals surface area contributed by atoms with Crippen LogP contribution in [0.5, 0.6) is 0 Å². The Kier molecular flexibility index (Phi) is 7.59. The first-order valence-corrected chi connectivity index (χ1v) is 11.6. The number of piperidine rings is 1. The molecule has 0 spiro atoms. The van der Waals surface area contributed by atoms with Gasteiger partial charge in [0.05, 0.1) is 6.10 Å². The summed E-state index contributed by atoms with van der Waals surface area (Å²) in [6, 6.07) is 14.2. The second-order valence-corrected chi connectivity index (χ2v) is 9.10. The van der Waals surface area contributed by atoms with Crippen LogP contribution in [0.15, 0.2) is 48.5 Å². The minimum atomic E-state index is -0.139.